The third kappa shape index (κ3) is 3.74. The fraction of sp³-hybridized carbons (Fsp3) is 0.625. The lowest BCUT2D eigenvalue weighted by Crippen LogP contribution is -2.27. The summed E-state index contributed by atoms with van der Waals surface area (Å²) in [5.74, 6) is 1.61. The summed E-state index contributed by atoms with van der Waals surface area (Å²) in [5, 5.41) is 3.65. The van der Waals surface area contributed by atoms with Gasteiger partial charge >= 0.3 is 0 Å². The van der Waals surface area contributed by atoms with E-state index in [0.717, 1.165) is 18.7 Å². The third-order valence-electron chi connectivity index (χ3n) is 3.62. The standard InChI is InChI=1S/C16H27NO/c1-6-10-17-16(12(3)7-2)14-9-8-13(4)15(11-14)18-5/h8-9,11-12,16-17H,6-7,10H2,1-5H3. The predicted molar refractivity (Wildman–Crippen MR) is 78.2 cm³/mol. The van der Waals surface area contributed by atoms with Crippen LogP contribution in [0.3, 0.4) is 0 Å². The molecule has 1 rings (SSSR count). The molecule has 0 aliphatic heterocycles. The maximum absolute atomic E-state index is 5.43. The van der Waals surface area contributed by atoms with Gasteiger partial charge in [-0.1, -0.05) is 39.3 Å². The molecule has 0 fully saturated rings. The van der Waals surface area contributed by atoms with Crippen LogP contribution in [-0.4, -0.2) is 13.7 Å². The number of rotatable bonds is 7. The highest BCUT2D eigenvalue weighted by Gasteiger charge is 2.18. The summed E-state index contributed by atoms with van der Waals surface area (Å²) < 4.78 is 5.43. The SMILES string of the molecule is CCCNC(c1ccc(C)c(OC)c1)C(C)CC. The van der Waals surface area contributed by atoms with Crippen LogP contribution in [0.4, 0.5) is 0 Å². The third-order valence-corrected chi connectivity index (χ3v) is 3.62. The van der Waals surface area contributed by atoms with Crippen LogP contribution >= 0.6 is 0 Å². The predicted octanol–water partition coefficient (Wildman–Crippen LogP) is 4.09. The maximum Gasteiger partial charge on any atom is 0.122 e. The van der Waals surface area contributed by atoms with E-state index in [-0.39, 0.29) is 0 Å². The second-order valence-electron chi connectivity index (χ2n) is 5.05. The normalized spacial score (nSPS) is 14.3. The second-order valence-corrected chi connectivity index (χ2v) is 5.05. The summed E-state index contributed by atoms with van der Waals surface area (Å²) in [6.07, 6.45) is 2.34. The van der Waals surface area contributed by atoms with Crippen molar-refractivity contribution in [1.29, 1.82) is 0 Å². The molecule has 2 heteroatoms. The first-order valence-electron chi connectivity index (χ1n) is 7.01. The highest BCUT2D eigenvalue weighted by atomic mass is 16.5. The van der Waals surface area contributed by atoms with Crippen LogP contribution in [0.2, 0.25) is 0 Å². The molecule has 1 N–H and O–H groups in total. The van der Waals surface area contributed by atoms with Gasteiger partial charge in [0.05, 0.1) is 7.11 Å². The molecule has 2 unspecified atom stereocenters. The van der Waals surface area contributed by atoms with E-state index in [1.54, 1.807) is 7.11 Å². The smallest absolute Gasteiger partial charge is 0.122 e. The first-order chi connectivity index (χ1) is 8.63. The van der Waals surface area contributed by atoms with E-state index in [1.165, 1.54) is 17.5 Å². The summed E-state index contributed by atoms with van der Waals surface area (Å²) in [7, 11) is 1.74. The monoisotopic (exact) mass is 249 g/mol. The van der Waals surface area contributed by atoms with Crippen molar-refractivity contribution in [3.8, 4) is 5.75 Å². The molecule has 2 atom stereocenters. The van der Waals surface area contributed by atoms with Gasteiger partial charge in [0.2, 0.25) is 0 Å². The zero-order valence-corrected chi connectivity index (χ0v) is 12.4. The molecule has 102 valence electrons. The van der Waals surface area contributed by atoms with Crippen LogP contribution in [-0.2, 0) is 0 Å². The summed E-state index contributed by atoms with van der Waals surface area (Å²) in [6, 6.07) is 6.97. The number of nitrogens with one attached hydrogen (secondary N) is 1. The lowest BCUT2D eigenvalue weighted by molar-refractivity contribution is 0.372. The molecule has 0 aromatic heterocycles. The van der Waals surface area contributed by atoms with E-state index in [1.807, 2.05) is 0 Å². The largest absolute Gasteiger partial charge is 0.496 e. The summed E-state index contributed by atoms with van der Waals surface area (Å²) in [4.78, 5) is 0. The number of methoxy groups -OCH3 is 1. The minimum absolute atomic E-state index is 0.421. The van der Waals surface area contributed by atoms with E-state index in [2.05, 4.69) is 51.2 Å². The van der Waals surface area contributed by atoms with Crippen molar-refractivity contribution in [2.45, 2.75) is 46.6 Å². The molecule has 18 heavy (non-hydrogen) atoms. The van der Waals surface area contributed by atoms with Gasteiger partial charge in [-0.25, -0.2) is 0 Å². The van der Waals surface area contributed by atoms with Gasteiger partial charge < -0.3 is 10.1 Å². The van der Waals surface area contributed by atoms with Crippen molar-refractivity contribution in [2.75, 3.05) is 13.7 Å². The van der Waals surface area contributed by atoms with Crippen LogP contribution in [0.25, 0.3) is 0 Å². The van der Waals surface area contributed by atoms with Gasteiger partial charge in [0.25, 0.3) is 0 Å². The first kappa shape index (κ1) is 15.0. The van der Waals surface area contributed by atoms with Crippen molar-refractivity contribution < 1.29 is 4.74 Å². The lowest BCUT2D eigenvalue weighted by Gasteiger charge is -2.25. The first-order valence-corrected chi connectivity index (χ1v) is 7.01. The van der Waals surface area contributed by atoms with Crippen molar-refractivity contribution >= 4 is 0 Å². The van der Waals surface area contributed by atoms with E-state index >= 15 is 0 Å². The van der Waals surface area contributed by atoms with E-state index in [4.69, 9.17) is 4.74 Å². The molecule has 0 bridgehead atoms. The molecule has 0 amide bonds. The Morgan fingerprint density at radius 3 is 2.56 bits per heavy atom. The quantitative estimate of drug-likeness (QED) is 0.786. The Hall–Kier alpha value is -1.02. The highest BCUT2D eigenvalue weighted by Crippen LogP contribution is 2.28. The molecule has 1 aromatic rings. The molecular formula is C16H27NO. The summed E-state index contributed by atoms with van der Waals surface area (Å²) in [6.45, 7) is 9.90. The number of ether oxygens (including phenoxy) is 1. The van der Waals surface area contributed by atoms with Gasteiger partial charge in [-0.3, -0.25) is 0 Å². The van der Waals surface area contributed by atoms with Crippen molar-refractivity contribution in [3.63, 3.8) is 0 Å². The fourth-order valence-corrected chi connectivity index (χ4v) is 2.21. The summed E-state index contributed by atoms with van der Waals surface area (Å²) >= 11 is 0. The Morgan fingerprint density at radius 2 is 2.00 bits per heavy atom. The topological polar surface area (TPSA) is 21.3 Å². The zero-order chi connectivity index (χ0) is 13.5. The van der Waals surface area contributed by atoms with Gasteiger partial charge in [0, 0.05) is 6.04 Å². The van der Waals surface area contributed by atoms with E-state index < -0.39 is 0 Å². The molecule has 0 aliphatic rings. The minimum atomic E-state index is 0.421. The molecule has 1 aromatic carbocycles. The Kier molecular flexibility index (Phi) is 6.20. The van der Waals surface area contributed by atoms with Crippen molar-refractivity contribution in [2.24, 2.45) is 5.92 Å². The maximum atomic E-state index is 5.43. The molecular weight excluding hydrogens is 222 g/mol. The number of hydrogen-bond donors (Lipinski definition) is 1. The minimum Gasteiger partial charge on any atom is -0.496 e. The summed E-state index contributed by atoms with van der Waals surface area (Å²) in [5.41, 5.74) is 2.53. The Labute approximate surface area is 112 Å². The van der Waals surface area contributed by atoms with Gasteiger partial charge in [0.15, 0.2) is 0 Å². The Bertz CT molecular complexity index is 362. The van der Waals surface area contributed by atoms with Crippen molar-refractivity contribution in [3.05, 3.63) is 29.3 Å². The van der Waals surface area contributed by atoms with Gasteiger partial charge in [-0.05, 0) is 43.0 Å². The Morgan fingerprint density at radius 1 is 1.28 bits per heavy atom. The molecule has 0 radical (unpaired) electrons. The molecule has 0 heterocycles. The molecule has 2 nitrogen and oxygen atoms in total. The lowest BCUT2D eigenvalue weighted by atomic mass is 9.91. The van der Waals surface area contributed by atoms with Gasteiger partial charge in [-0.15, -0.1) is 0 Å². The van der Waals surface area contributed by atoms with E-state index in [9.17, 15) is 0 Å². The Balaban J connectivity index is 2.96. The van der Waals surface area contributed by atoms with Crippen LogP contribution in [0.1, 0.15) is 50.8 Å². The molecule has 0 saturated carbocycles. The zero-order valence-electron chi connectivity index (χ0n) is 12.4. The average molecular weight is 249 g/mol. The highest BCUT2D eigenvalue weighted by molar-refractivity contribution is 5.38. The fourth-order valence-electron chi connectivity index (χ4n) is 2.21. The van der Waals surface area contributed by atoms with E-state index in [0.29, 0.717) is 12.0 Å². The molecule has 0 saturated heterocycles. The average Bonchev–Trinajstić information content (AvgIpc) is 2.40. The van der Waals surface area contributed by atoms with Gasteiger partial charge in [-0.2, -0.15) is 0 Å². The van der Waals surface area contributed by atoms with Crippen LogP contribution in [0.5, 0.6) is 5.75 Å². The second kappa shape index (κ2) is 7.42. The number of hydrogen-bond acceptors (Lipinski definition) is 2. The van der Waals surface area contributed by atoms with Gasteiger partial charge in [0.1, 0.15) is 5.75 Å². The number of benzene rings is 1. The van der Waals surface area contributed by atoms with Crippen molar-refractivity contribution in [1.82, 2.24) is 5.32 Å². The number of aryl methyl sites for hydroxylation is 1. The van der Waals surface area contributed by atoms with Crippen LogP contribution < -0.4 is 10.1 Å². The molecule has 0 spiro atoms. The molecule has 0 aliphatic carbocycles. The van der Waals surface area contributed by atoms with Crippen LogP contribution in [0, 0.1) is 12.8 Å². The van der Waals surface area contributed by atoms with Crippen LogP contribution in [0.15, 0.2) is 18.2 Å².